The topological polar surface area (TPSA) is 55.6 Å². The van der Waals surface area contributed by atoms with Crippen LogP contribution in [0.3, 0.4) is 0 Å². The van der Waals surface area contributed by atoms with Crippen LogP contribution in [0.25, 0.3) is 0 Å². The van der Waals surface area contributed by atoms with Crippen molar-refractivity contribution in [3.05, 3.63) is 0 Å². The fourth-order valence-electron chi connectivity index (χ4n) is 1.77. The van der Waals surface area contributed by atoms with Gasteiger partial charge in [0.1, 0.15) is 0 Å². The van der Waals surface area contributed by atoms with E-state index in [-0.39, 0.29) is 5.91 Å². The second-order valence-electron chi connectivity index (χ2n) is 4.26. The summed E-state index contributed by atoms with van der Waals surface area (Å²) in [6, 6.07) is 0.506. The molecule has 0 aromatic rings. The number of rotatable bonds is 9. The second-order valence-corrected chi connectivity index (χ2v) is 4.26. The van der Waals surface area contributed by atoms with E-state index in [2.05, 4.69) is 0 Å². The van der Waals surface area contributed by atoms with Gasteiger partial charge in [-0.1, -0.05) is 0 Å². The van der Waals surface area contributed by atoms with Crippen molar-refractivity contribution in [3.8, 4) is 0 Å². The molecular weight excluding hydrogens is 204 g/mol. The number of carbonyl (C=O) groups excluding carboxylic acids is 1. The first kappa shape index (κ1) is 13.5. The Hall–Kier alpha value is -0.610. The van der Waals surface area contributed by atoms with E-state index in [0.717, 1.165) is 26.0 Å². The molecule has 0 spiro atoms. The Kier molecular flexibility index (Phi) is 6.42. The summed E-state index contributed by atoms with van der Waals surface area (Å²) in [6.45, 7) is 4.88. The van der Waals surface area contributed by atoms with Gasteiger partial charge in [0.25, 0.3) is 0 Å². The highest BCUT2D eigenvalue weighted by atomic mass is 16.5. The molecule has 16 heavy (non-hydrogen) atoms. The largest absolute Gasteiger partial charge is 0.382 e. The maximum atomic E-state index is 11.9. The van der Waals surface area contributed by atoms with Crippen LogP contribution in [-0.2, 0) is 9.53 Å². The van der Waals surface area contributed by atoms with Crippen molar-refractivity contribution >= 4 is 5.91 Å². The van der Waals surface area contributed by atoms with E-state index in [0.29, 0.717) is 25.6 Å². The van der Waals surface area contributed by atoms with E-state index in [4.69, 9.17) is 10.5 Å². The first-order valence-corrected chi connectivity index (χ1v) is 6.36. The maximum Gasteiger partial charge on any atom is 0.222 e. The minimum atomic E-state index is 0.274. The first-order chi connectivity index (χ1) is 7.79. The molecule has 0 heterocycles. The highest BCUT2D eigenvalue weighted by molar-refractivity contribution is 5.76. The smallest absolute Gasteiger partial charge is 0.222 e. The highest BCUT2D eigenvalue weighted by Gasteiger charge is 2.31. The zero-order valence-electron chi connectivity index (χ0n) is 10.3. The number of carbonyl (C=O) groups is 1. The molecule has 1 saturated carbocycles. The molecule has 0 bridgehead atoms. The quantitative estimate of drug-likeness (QED) is 0.602. The van der Waals surface area contributed by atoms with Gasteiger partial charge in [-0.3, -0.25) is 4.79 Å². The molecule has 0 radical (unpaired) electrons. The fourth-order valence-corrected chi connectivity index (χ4v) is 1.77. The molecule has 1 aliphatic carbocycles. The van der Waals surface area contributed by atoms with E-state index in [1.807, 2.05) is 11.8 Å². The lowest BCUT2D eigenvalue weighted by atomic mass is 10.2. The van der Waals surface area contributed by atoms with Gasteiger partial charge < -0.3 is 15.4 Å². The van der Waals surface area contributed by atoms with E-state index in [1.165, 1.54) is 12.8 Å². The van der Waals surface area contributed by atoms with Gasteiger partial charge in [-0.2, -0.15) is 0 Å². The summed E-state index contributed by atoms with van der Waals surface area (Å²) in [5, 5.41) is 0. The summed E-state index contributed by atoms with van der Waals surface area (Å²) in [7, 11) is 0. The van der Waals surface area contributed by atoms with Gasteiger partial charge in [-0.15, -0.1) is 0 Å². The second kappa shape index (κ2) is 7.63. The van der Waals surface area contributed by atoms with Crippen LogP contribution in [0, 0.1) is 0 Å². The molecule has 0 aromatic heterocycles. The van der Waals surface area contributed by atoms with E-state index in [9.17, 15) is 4.79 Å². The Morgan fingerprint density at radius 1 is 1.44 bits per heavy atom. The number of amides is 1. The van der Waals surface area contributed by atoms with Crippen LogP contribution >= 0.6 is 0 Å². The Morgan fingerprint density at radius 3 is 2.75 bits per heavy atom. The average molecular weight is 228 g/mol. The van der Waals surface area contributed by atoms with Crippen molar-refractivity contribution in [3.63, 3.8) is 0 Å². The summed E-state index contributed by atoms with van der Waals surface area (Å²) < 4.78 is 5.23. The Morgan fingerprint density at radius 2 is 2.19 bits per heavy atom. The van der Waals surface area contributed by atoms with Gasteiger partial charge in [-0.25, -0.2) is 0 Å². The van der Waals surface area contributed by atoms with Crippen LogP contribution in [0.2, 0.25) is 0 Å². The first-order valence-electron chi connectivity index (χ1n) is 6.36. The van der Waals surface area contributed by atoms with Crippen molar-refractivity contribution in [1.82, 2.24) is 4.90 Å². The number of hydrogen-bond acceptors (Lipinski definition) is 3. The molecule has 94 valence electrons. The Bertz CT molecular complexity index is 205. The summed E-state index contributed by atoms with van der Waals surface area (Å²) in [6.07, 6.45) is 4.69. The standard InChI is InChI=1S/C12H24N2O2/c1-2-16-10-3-5-12(15)14(9-4-8-13)11-6-7-11/h11H,2-10,13H2,1H3. The zero-order valence-corrected chi connectivity index (χ0v) is 10.3. The van der Waals surface area contributed by atoms with Crippen molar-refractivity contribution < 1.29 is 9.53 Å². The van der Waals surface area contributed by atoms with E-state index in [1.54, 1.807) is 0 Å². The van der Waals surface area contributed by atoms with Gasteiger partial charge in [0.05, 0.1) is 0 Å². The third-order valence-corrected chi connectivity index (χ3v) is 2.79. The predicted molar refractivity (Wildman–Crippen MR) is 64.1 cm³/mol. The van der Waals surface area contributed by atoms with Crippen molar-refractivity contribution in [1.29, 1.82) is 0 Å². The highest BCUT2D eigenvalue weighted by Crippen LogP contribution is 2.27. The summed E-state index contributed by atoms with van der Waals surface area (Å²) in [4.78, 5) is 13.9. The third kappa shape index (κ3) is 4.94. The lowest BCUT2D eigenvalue weighted by Crippen LogP contribution is -2.34. The number of nitrogens with zero attached hydrogens (tertiary/aromatic N) is 1. The van der Waals surface area contributed by atoms with Crippen LogP contribution < -0.4 is 5.73 Å². The molecule has 0 unspecified atom stereocenters. The SMILES string of the molecule is CCOCCCC(=O)N(CCCN)C1CC1. The zero-order chi connectivity index (χ0) is 11.8. The van der Waals surface area contributed by atoms with Crippen LogP contribution in [-0.4, -0.2) is 43.2 Å². The van der Waals surface area contributed by atoms with Gasteiger partial charge in [-0.05, 0) is 39.2 Å². The molecule has 4 heteroatoms. The third-order valence-electron chi connectivity index (χ3n) is 2.79. The summed E-state index contributed by atoms with van der Waals surface area (Å²) >= 11 is 0. The van der Waals surface area contributed by atoms with Gasteiger partial charge in [0.15, 0.2) is 0 Å². The minimum Gasteiger partial charge on any atom is -0.382 e. The van der Waals surface area contributed by atoms with Crippen LogP contribution in [0.15, 0.2) is 0 Å². The molecule has 0 aromatic carbocycles. The molecule has 0 saturated heterocycles. The minimum absolute atomic E-state index is 0.274. The maximum absolute atomic E-state index is 11.9. The summed E-state index contributed by atoms with van der Waals surface area (Å²) in [5.41, 5.74) is 5.48. The van der Waals surface area contributed by atoms with E-state index < -0.39 is 0 Å². The summed E-state index contributed by atoms with van der Waals surface area (Å²) in [5.74, 6) is 0.274. The van der Waals surface area contributed by atoms with E-state index >= 15 is 0 Å². The van der Waals surface area contributed by atoms with Crippen molar-refractivity contribution in [2.45, 2.75) is 45.1 Å². The molecule has 1 amide bonds. The fraction of sp³-hybridized carbons (Fsp3) is 0.917. The van der Waals surface area contributed by atoms with Gasteiger partial charge >= 0.3 is 0 Å². The number of ether oxygens (including phenoxy) is 1. The number of hydrogen-bond donors (Lipinski definition) is 1. The molecule has 1 aliphatic rings. The van der Waals surface area contributed by atoms with Crippen LogP contribution in [0.4, 0.5) is 0 Å². The van der Waals surface area contributed by atoms with Gasteiger partial charge in [0, 0.05) is 32.2 Å². The molecule has 0 atom stereocenters. The Balaban J connectivity index is 2.19. The lowest BCUT2D eigenvalue weighted by molar-refractivity contribution is -0.132. The van der Waals surface area contributed by atoms with Gasteiger partial charge in [0.2, 0.25) is 5.91 Å². The predicted octanol–water partition coefficient (Wildman–Crippen LogP) is 1.14. The lowest BCUT2D eigenvalue weighted by Gasteiger charge is -2.22. The molecule has 0 aliphatic heterocycles. The molecule has 1 rings (SSSR count). The number of nitrogens with two attached hydrogens (primary N) is 1. The monoisotopic (exact) mass is 228 g/mol. The Labute approximate surface area is 98.1 Å². The van der Waals surface area contributed by atoms with Crippen molar-refractivity contribution in [2.24, 2.45) is 5.73 Å². The van der Waals surface area contributed by atoms with Crippen LogP contribution in [0.1, 0.15) is 39.0 Å². The van der Waals surface area contributed by atoms with Crippen LogP contribution in [0.5, 0.6) is 0 Å². The molecule has 4 nitrogen and oxygen atoms in total. The molecule has 1 fully saturated rings. The normalized spacial score (nSPS) is 15.1. The van der Waals surface area contributed by atoms with Crippen molar-refractivity contribution in [2.75, 3.05) is 26.3 Å². The molecule has 2 N–H and O–H groups in total. The average Bonchev–Trinajstić information content (AvgIpc) is 3.09. The molecular formula is C12H24N2O2.